The summed E-state index contributed by atoms with van der Waals surface area (Å²) in [4.78, 5) is 12.5. The van der Waals surface area contributed by atoms with Gasteiger partial charge in [-0.25, -0.2) is 0 Å². The van der Waals surface area contributed by atoms with Crippen LogP contribution < -0.4 is 0 Å². The molecule has 2 nitrogen and oxygen atoms in total. The fourth-order valence-electron chi connectivity index (χ4n) is 2.13. The maximum atomic E-state index is 11.3. The second-order valence-corrected chi connectivity index (χ2v) is 5.61. The van der Waals surface area contributed by atoms with Crippen LogP contribution in [0.1, 0.15) is 24.5 Å². The van der Waals surface area contributed by atoms with E-state index in [4.69, 9.17) is 4.74 Å². The van der Waals surface area contributed by atoms with Gasteiger partial charge in [-0.15, -0.1) is 11.8 Å². The van der Waals surface area contributed by atoms with Crippen LogP contribution in [-0.4, -0.2) is 18.8 Å². The van der Waals surface area contributed by atoms with Crippen LogP contribution in [-0.2, 0) is 22.4 Å². The number of carbonyl (C=O) groups is 1. The molecule has 0 amide bonds. The van der Waals surface area contributed by atoms with E-state index in [-0.39, 0.29) is 11.9 Å². The molecule has 3 heteroatoms. The maximum Gasteiger partial charge on any atom is 0.309 e. The van der Waals surface area contributed by atoms with E-state index in [2.05, 4.69) is 18.2 Å². The Morgan fingerprint density at radius 2 is 2.18 bits per heavy atom. The highest BCUT2D eigenvalue weighted by Crippen LogP contribution is 2.28. The zero-order valence-electron chi connectivity index (χ0n) is 10.4. The molecule has 0 heterocycles. The lowest BCUT2D eigenvalue weighted by molar-refractivity contribution is -0.143. The summed E-state index contributed by atoms with van der Waals surface area (Å²) in [6, 6.07) is 6.67. The van der Waals surface area contributed by atoms with Gasteiger partial charge in [0.2, 0.25) is 0 Å². The highest BCUT2D eigenvalue weighted by Gasteiger charge is 2.15. The first-order valence-electron chi connectivity index (χ1n) is 6.03. The Morgan fingerprint density at radius 1 is 1.41 bits per heavy atom. The third-order valence-corrected chi connectivity index (χ3v) is 4.43. The lowest BCUT2D eigenvalue weighted by atomic mass is 10.1. The highest BCUT2D eigenvalue weighted by molar-refractivity contribution is 7.99. The van der Waals surface area contributed by atoms with E-state index in [1.165, 1.54) is 42.4 Å². The first kappa shape index (κ1) is 12.5. The van der Waals surface area contributed by atoms with Crippen molar-refractivity contribution in [2.45, 2.75) is 31.1 Å². The molecule has 0 saturated carbocycles. The molecule has 0 spiro atoms. The van der Waals surface area contributed by atoms with Gasteiger partial charge in [0.25, 0.3) is 0 Å². The van der Waals surface area contributed by atoms with E-state index >= 15 is 0 Å². The average Bonchev–Trinajstić information content (AvgIpc) is 2.82. The first-order valence-corrected chi connectivity index (χ1v) is 7.01. The largest absolute Gasteiger partial charge is 0.469 e. The molecule has 0 N–H and O–H groups in total. The summed E-state index contributed by atoms with van der Waals surface area (Å²) in [6.07, 6.45) is 3.71. The maximum absolute atomic E-state index is 11.3. The van der Waals surface area contributed by atoms with Crippen molar-refractivity contribution in [3.8, 4) is 0 Å². The van der Waals surface area contributed by atoms with Crippen molar-refractivity contribution >= 4 is 17.7 Å². The topological polar surface area (TPSA) is 26.3 Å². The van der Waals surface area contributed by atoms with Gasteiger partial charge in [0.05, 0.1) is 13.0 Å². The number of ether oxygens (including phenoxy) is 1. The van der Waals surface area contributed by atoms with E-state index in [1.807, 2.05) is 6.92 Å². The first-order chi connectivity index (χ1) is 8.20. The molecule has 0 radical (unpaired) electrons. The SMILES string of the molecule is COC(=O)C(C)CSc1ccc2c(c1)CCC2. The molecule has 0 bridgehead atoms. The van der Waals surface area contributed by atoms with Crippen LogP contribution in [0.3, 0.4) is 0 Å². The van der Waals surface area contributed by atoms with E-state index < -0.39 is 0 Å². The van der Waals surface area contributed by atoms with Gasteiger partial charge in [-0.2, -0.15) is 0 Å². The second kappa shape index (κ2) is 5.58. The summed E-state index contributed by atoms with van der Waals surface area (Å²) in [5, 5.41) is 0. The van der Waals surface area contributed by atoms with Crippen LogP contribution in [0, 0.1) is 5.92 Å². The third-order valence-electron chi connectivity index (χ3n) is 3.17. The minimum atomic E-state index is -0.126. The Balaban J connectivity index is 1.93. The number of carbonyl (C=O) groups excluding carboxylic acids is 1. The molecule has 1 aromatic carbocycles. The van der Waals surface area contributed by atoms with Crippen molar-refractivity contribution in [1.82, 2.24) is 0 Å². The summed E-state index contributed by atoms with van der Waals surface area (Å²) >= 11 is 1.74. The molecule has 0 aliphatic heterocycles. The molecule has 1 unspecified atom stereocenters. The summed E-state index contributed by atoms with van der Waals surface area (Å²) in [5.41, 5.74) is 2.98. The van der Waals surface area contributed by atoms with Gasteiger partial charge >= 0.3 is 5.97 Å². The van der Waals surface area contributed by atoms with Crippen molar-refractivity contribution in [1.29, 1.82) is 0 Å². The average molecular weight is 250 g/mol. The summed E-state index contributed by atoms with van der Waals surface area (Å²) in [6.45, 7) is 1.91. The van der Waals surface area contributed by atoms with E-state index in [9.17, 15) is 4.79 Å². The zero-order chi connectivity index (χ0) is 12.3. The normalized spacial score (nSPS) is 15.4. The Labute approximate surface area is 107 Å². The van der Waals surface area contributed by atoms with Gasteiger partial charge in [0.15, 0.2) is 0 Å². The number of fused-ring (bicyclic) bond motifs is 1. The fraction of sp³-hybridized carbons (Fsp3) is 0.500. The Hall–Kier alpha value is -0.960. The van der Waals surface area contributed by atoms with Crippen molar-refractivity contribution in [3.63, 3.8) is 0 Å². The number of methoxy groups -OCH3 is 1. The molecule has 1 aliphatic carbocycles. The van der Waals surface area contributed by atoms with Gasteiger partial charge in [-0.3, -0.25) is 4.79 Å². The van der Waals surface area contributed by atoms with Crippen LogP contribution >= 0.6 is 11.8 Å². The van der Waals surface area contributed by atoms with Gasteiger partial charge in [-0.1, -0.05) is 13.0 Å². The number of thioether (sulfide) groups is 1. The quantitative estimate of drug-likeness (QED) is 0.607. The van der Waals surface area contributed by atoms with E-state index in [1.54, 1.807) is 11.8 Å². The minimum absolute atomic E-state index is 0.0433. The monoisotopic (exact) mass is 250 g/mol. The van der Waals surface area contributed by atoms with Gasteiger partial charge < -0.3 is 4.74 Å². The van der Waals surface area contributed by atoms with Crippen LogP contribution in [0.4, 0.5) is 0 Å². The molecule has 0 fully saturated rings. The molecule has 0 aromatic heterocycles. The van der Waals surface area contributed by atoms with Crippen LogP contribution in [0.15, 0.2) is 23.1 Å². The molecule has 92 valence electrons. The lowest BCUT2D eigenvalue weighted by Crippen LogP contribution is -2.14. The van der Waals surface area contributed by atoms with Crippen molar-refractivity contribution in [2.24, 2.45) is 5.92 Å². The summed E-state index contributed by atoms with van der Waals surface area (Å²) < 4.78 is 4.72. The predicted molar refractivity (Wildman–Crippen MR) is 70.4 cm³/mol. The molecular formula is C14H18O2S. The lowest BCUT2D eigenvalue weighted by Gasteiger charge is -2.09. The van der Waals surface area contributed by atoms with Gasteiger partial charge in [0.1, 0.15) is 0 Å². The van der Waals surface area contributed by atoms with Crippen molar-refractivity contribution < 1.29 is 9.53 Å². The van der Waals surface area contributed by atoms with Crippen molar-refractivity contribution in [3.05, 3.63) is 29.3 Å². The summed E-state index contributed by atoms with van der Waals surface area (Å²) in [5.74, 6) is 0.614. The van der Waals surface area contributed by atoms with Gasteiger partial charge in [-0.05, 0) is 42.5 Å². The highest BCUT2D eigenvalue weighted by atomic mass is 32.2. The minimum Gasteiger partial charge on any atom is -0.469 e. The molecule has 17 heavy (non-hydrogen) atoms. The number of hydrogen-bond donors (Lipinski definition) is 0. The Kier molecular flexibility index (Phi) is 4.11. The Bertz CT molecular complexity index is 415. The molecule has 2 rings (SSSR count). The number of rotatable bonds is 4. The third kappa shape index (κ3) is 3.03. The molecular weight excluding hydrogens is 232 g/mol. The predicted octanol–water partition coefficient (Wildman–Crippen LogP) is 3.08. The van der Waals surface area contributed by atoms with E-state index in [0.717, 1.165) is 5.75 Å². The van der Waals surface area contributed by atoms with Crippen LogP contribution in [0.25, 0.3) is 0 Å². The van der Waals surface area contributed by atoms with E-state index in [0.29, 0.717) is 0 Å². The Morgan fingerprint density at radius 3 is 2.94 bits per heavy atom. The smallest absolute Gasteiger partial charge is 0.309 e. The standard InChI is InChI=1S/C14H18O2S/c1-10(14(15)16-2)9-17-13-7-6-11-4-3-5-12(11)8-13/h6-8,10H,3-5,9H2,1-2H3. The molecule has 1 atom stereocenters. The number of benzene rings is 1. The zero-order valence-corrected chi connectivity index (χ0v) is 11.2. The number of hydrogen-bond acceptors (Lipinski definition) is 3. The molecule has 1 aromatic rings. The fourth-order valence-corrected chi connectivity index (χ4v) is 3.10. The molecule has 0 saturated heterocycles. The summed E-state index contributed by atoms with van der Waals surface area (Å²) in [7, 11) is 1.44. The van der Waals surface area contributed by atoms with Crippen LogP contribution in [0.2, 0.25) is 0 Å². The number of esters is 1. The van der Waals surface area contributed by atoms with Crippen molar-refractivity contribution in [2.75, 3.05) is 12.9 Å². The molecule has 1 aliphatic rings. The number of aryl methyl sites for hydroxylation is 2. The van der Waals surface area contributed by atoms with Gasteiger partial charge in [0, 0.05) is 10.6 Å². The second-order valence-electron chi connectivity index (χ2n) is 4.52. The van der Waals surface area contributed by atoms with Crippen LogP contribution in [0.5, 0.6) is 0 Å².